The predicted molar refractivity (Wildman–Crippen MR) is 107 cm³/mol. The molecule has 2 aliphatic heterocycles. The second-order valence-corrected chi connectivity index (χ2v) is 11.7. The molecule has 2 unspecified atom stereocenters. The van der Waals surface area contributed by atoms with Gasteiger partial charge in [-0.05, 0) is 62.1 Å². The number of sulfonamides is 1. The number of ether oxygens (including phenoxy) is 1. The Balaban J connectivity index is 1.54. The third-order valence-corrected chi connectivity index (χ3v) is 9.22. The van der Waals surface area contributed by atoms with Crippen molar-refractivity contribution in [2.24, 2.45) is 0 Å². The van der Waals surface area contributed by atoms with E-state index in [-0.39, 0.29) is 17.0 Å². The molecule has 0 aromatic heterocycles. The Kier molecular flexibility index (Phi) is 4.97. The van der Waals surface area contributed by atoms with Crippen LogP contribution in [0.2, 0.25) is 0 Å². The second-order valence-electron chi connectivity index (χ2n) is 7.53. The van der Waals surface area contributed by atoms with Crippen LogP contribution in [0.15, 0.2) is 59.5 Å². The van der Waals surface area contributed by atoms with Gasteiger partial charge in [-0.2, -0.15) is 4.31 Å². The second kappa shape index (κ2) is 7.17. The van der Waals surface area contributed by atoms with Crippen molar-refractivity contribution in [1.82, 2.24) is 4.31 Å². The molecule has 0 saturated carbocycles. The molecule has 0 amide bonds. The van der Waals surface area contributed by atoms with Crippen LogP contribution in [0.3, 0.4) is 0 Å². The van der Waals surface area contributed by atoms with Crippen LogP contribution in [0.25, 0.3) is 0 Å². The van der Waals surface area contributed by atoms with Gasteiger partial charge in [0.2, 0.25) is 10.0 Å². The summed E-state index contributed by atoms with van der Waals surface area (Å²) in [6, 6.07) is 15.2. The fraction of sp³-hybridized carbons (Fsp3) is 0.400. The van der Waals surface area contributed by atoms with E-state index in [1.165, 1.54) is 6.26 Å². The maximum absolute atomic E-state index is 13.2. The summed E-state index contributed by atoms with van der Waals surface area (Å²) in [5.74, 6) is 1.24. The minimum Gasteiger partial charge on any atom is -0.457 e. The maximum atomic E-state index is 13.2. The number of nitrogens with zero attached hydrogens (tertiary/aromatic N) is 1. The summed E-state index contributed by atoms with van der Waals surface area (Å²) in [6.07, 6.45) is 3.43. The monoisotopic (exact) mass is 421 g/mol. The van der Waals surface area contributed by atoms with Gasteiger partial charge in [0.1, 0.15) is 21.3 Å². The van der Waals surface area contributed by atoms with Crippen LogP contribution < -0.4 is 4.74 Å². The molecule has 6 nitrogen and oxygen atoms in total. The van der Waals surface area contributed by atoms with E-state index in [4.69, 9.17) is 4.74 Å². The van der Waals surface area contributed by atoms with E-state index >= 15 is 0 Å². The molecule has 0 spiro atoms. The largest absolute Gasteiger partial charge is 0.457 e. The van der Waals surface area contributed by atoms with Crippen LogP contribution in [0.5, 0.6) is 11.5 Å². The zero-order chi connectivity index (χ0) is 19.9. The van der Waals surface area contributed by atoms with E-state index in [1.54, 1.807) is 28.6 Å². The highest BCUT2D eigenvalue weighted by molar-refractivity contribution is 7.91. The summed E-state index contributed by atoms with van der Waals surface area (Å²) < 4.78 is 57.6. The fourth-order valence-corrected chi connectivity index (χ4v) is 7.29. The molecule has 0 N–H and O–H groups in total. The number of sulfone groups is 1. The molecule has 2 aliphatic rings. The van der Waals surface area contributed by atoms with Gasteiger partial charge in [0.05, 0.1) is 10.1 Å². The smallest absolute Gasteiger partial charge is 0.243 e. The molecule has 2 aromatic carbocycles. The average Bonchev–Trinajstić information content (AvgIpc) is 2.93. The lowest BCUT2D eigenvalue weighted by atomic mass is 10.1. The van der Waals surface area contributed by atoms with Crippen LogP contribution in [-0.2, 0) is 19.9 Å². The molecule has 2 atom stereocenters. The number of hydrogen-bond acceptors (Lipinski definition) is 5. The summed E-state index contributed by atoms with van der Waals surface area (Å²) in [7, 11) is -6.83. The van der Waals surface area contributed by atoms with Crippen LogP contribution in [0.4, 0.5) is 0 Å². The molecule has 2 heterocycles. The van der Waals surface area contributed by atoms with Gasteiger partial charge in [-0.25, -0.2) is 16.8 Å². The van der Waals surface area contributed by atoms with Crippen molar-refractivity contribution in [1.29, 1.82) is 0 Å². The number of fused-ring (bicyclic) bond motifs is 2. The Bertz CT molecular complexity index is 1040. The highest BCUT2D eigenvalue weighted by atomic mass is 32.2. The average molecular weight is 422 g/mol. The number of benzene rings is 2. The first-order valence-corrected chi connectivity index (χ1v) is 12.7. The highest BCUT2D eigenvalue weighted by Gasteiger charge is 2.49. The lowest BCUT2D eigenvalue weighted by Gasteiger charge is -2.37. The first kappa shape index (κ1) is 19.4. The highest BCUT2D eigenvalue weighted by Crippen LogP contribution is 2.41. The molecular formula is C20H23NO5S2. The van der Waals surface area contributed by atoms with E-state index < -0.39 is 25.1 Å². The van der Waals surface area contributed by atoms with Gasteiger partial charge in [-0.3, -0.25) is 0 Å². The maximum Gasteiger partial charge on any atom is 0.243 e. The molecular weight excluding hydrogens is 398 g/mol. The van der Waals surface area contributed by atoms with Crippen molar-refractivity contribution >= 4 is 19.9 Å². The molecule has 2 aromatic rings. The molecule has 0 aliphatic carbocycles. The Hall–Kier alpha value is -1.90. The number of piperidine rings is 1. The molecule has 8 heteroatoms. The van der Waals surface area contributed by atoms with E-state index in [1.807, 2.05) is 30.3 Å². The van der Waals surface area contributed by atoms with Crippen molar-refractivity contribution in [2.75, 3.05) is 6.26 Å². The molecule has 0 radical (unpaired) electrons. The van der Waals surface area contributed by atoms with Gasteiger partial charge in [-0.1, -0.05) is 18.2 Å². The molecule has 2 saturated heterocycles. The summed E-state index contributed by atoms with van der Waals surface area (Å²) in [5.41, 5.74) is 0. The Labute approximate surface area is 166 Å². The van der Waals surface area contributed by atoms with Gasteiger partial charge in [0, 0.05) is 18.3 Å². The molecule has 4 rings (SSSR count). The van der Waals surface area contributed by atoms with Gasteiger partial charge in [-0.15, -0.1) is 0 Å². The zero-order valence-corrected chi connectivity index (χ0v) is 17.2. The number of hydrogen-bond donors (Lipinski definition) is 0. The predicted octanol–water partition coefficient (Wildman–Crippen LogP) is 3.21. The quantitative estimate of drug-likeness (QED) is 0.741. The Morgan fingerprint density at radius 2 is 1.36 bits per heavy atom. The van der Waals surface area contributed by atoms with E-state index in [2.05, 4.69) is 0 Å². The first-order valence-electron chi connectivity index (χ1n) is 9.30. The molecule has 28 heavy (non-hydrogen) atoms. The molecule has 150 valence electrons. The fourth-order valence-electron chi connectivity index (χ4n) is 4.25. The minimum absolute atomic E-state index is 0.211. The normalized spacial score (nSPS) is 25.5. The standard InChI is InChI=1S/C20H23NO5S2/c1-27(22,23)20-13-15-7-8-16(14-20)21(15)28(24,25)19-11-9-18(10-12-19)26-17-5-3-2-4-6-17/h2-6,9-12,15-16,20H,7-8,13-14H2,1H3. The van der Waals surface area contributed by atoms with Crippen molar-refractivity contribution in [3.05, 3.63) is 54.6 Å². The Morgan fingerprint density at radius 3 is 1.89 bits per heavy atom. The lowest BCUT2D eigenvalue weighted by Crippen LogP contribution is -2.49. The van der Waals surface area contributed by atoms with Crippen molar-refractivity contribution in [3.8, 4) is 11.5 Å². The van der Waals surface area contributed by atoms with Gasteiger partial charge < -0.3 is 4.74 Å². The topological polar surface area (TPSA) is 80.8 Å². The van der Waals surface area contributed by atoms with Crippen LogP contribution in [0.1, 0.15) is 25.7 Å². The van der Waals surface area contributed by atoms with Gasteiger partial charge in [0.25, 0.3) is 0 Å². The summed E-state index contributed by atoms with van der Waals surface area (Å²) >= 11 is 0. The van der Waals surface area contributed by atoms with Gasteiger partial charge in [0.15, 0.2) is 0 Å². The van der Waals surface area contributed by atoms with Crippen molar-refractivity contribution < 1.29 is 21.6 Å². The molecule has 2 fully saturated rings. The number of para-hydroxylation sites is 1. The zero-order valence-electron chi connectivity index (χ0n) is 15.6. The van der Waals surface area contributed by atoms with Crippen LogP contribution in [-0.4, -0.2) is 44.7 Å². The lowest BCUT2D eigenvalue weighted by molar-refractivity contribution is 0.249. The van der Waals surface area contributed by atoms with E-state index in [0.29, 0.717) is 37.2 Å². The van der Waals surface area contributed by atoms with Crippen molar-refractivity contribution in [3.63, 3.8) is 0 Å². The SMILES string of the molecule is CS(=O)(=O)C1CC2CCC(C1)N2S(=O)(=O)c1ccc(Oc2ccccc2)cc1. The third kappa shape index (κ3) is 3.68. The van der Waals surface area contributed by atoms with Crippen molar-refractivity contribution in [2.45, 2.75) is 47.9 Å². The summed E-state index contributed by atoms with van der Waals surface area (Å²) in [4.78, 5) is 0.211. The van der Waals surface area contributed by atoms with Crippen LogP contribution >= 0.6 is 0 Å². The van der Waals surface area contributed by atoms with E-state index in [0.717, 1.165) is 0 Å². The Morgan fingerprint density at radius 1 is 0.821 bits per heavy atom. The van der Waals surface area contributed by atoms with Gasteiger partial charge >= 0.3 is 0 Å². The first-order chi connectivity index (χ1) is 13.2. The molecule has 2 bridgehead atoms. The van der Waals surface area contributed by atoms with Crippen LogP contribution in [0, 0.1) is 0 Å². The summed E-state index contributed by atoms with van der Waals surface area (Å²) in [5, 5.41) is -0.446. The van der Waals surface area contributed by atoms with E-state index in [9.17, 15) is 16.8 Å². The third-order valence-electron chi connectivity index (χ3n) is 5.61. The minimum atomic E-state index is -3.67. The number of rotatable bonds is 5. The summed E-state index contributed by atoms with van der Waals surface area (Å²) in [6.45, 7) is 0.